The molecular formula is C9H15NO4Sn. The molecule has 0 atom stereocenters. The van der Waals surface area contributed by atoms with Crippen molar-refractivity contribution >= 4 is 36.6 Å². The fourth-order valence-electron chi connectivity index (χ4n) is 1.30. The van der Waals surface area contributed by atoms with Gasteiger partial charge in [-0.05, 0) is 0 Å². The van der Waals surface area contributed by atoms with E-state index < -0.39 is 24.8 Å². The minimum atomic E-state index is -2.62. The summed E-state index contributed by atoms with van der Waals surface area (Å²) >= 11 is -2.62. The number of rotatable bonds is 3. The number of hydrogen-bond donors (Lipinski definition) is 0. The van der Waals surface area contributed by atoms with E-state index in [-0.39, 0.29) is 31.2 Å². The average Bonchev–Trinajstić information content (AvgIpc) is 2.32. The summed E-state index contributed by atoms with van der Waals surface area (Å²) in [5.41, 5.74) is 0. The van der Waals surface area contributed by atoms with E-state index in [1.807, 2.05) is 14.8 Å². The summed E-state index contributed by atoms with van der Waals surface area (Å²) in [6.07, 6.45) is 0.426. The SMILES string of the molecule is [CH3][Sn]([CH3])([CH3])[O]C(=O)CN1C(=O)CCC1=O. The number of carbonyl (C=O) groups is 3. The number of imide groups is 1. The van der Waals surface area contributed by atoms with Crippen molar-refractivity contribution in [3.63, 3.8) is 0 Å². The van der Waals surface area contributed by atoms with Crippen molar-refractivity contribution in [2.75, 3.05) is 6.54 Å². The molecule has 0 bridgehead atoms. The maximum absolute atomic E-state index is 11.4. The summed E-state index contributed by atoms with van der Waals surface area (Å²) in [4.78, 5) is 40.6. The van der Waals surface area contributed by atoms with Gasteiger partial charge in [-0.25, -0.2) is 0 Å². The fraction of sp³-hybridized carbons (Fsp3) is 0.667. The summed E-state index contributed by atoms with van der Waals surface area (Å²) in [5, 5.41) is 0. The van der Waals surface area contributed by atoms with Gasteiger partial charge in [0, 0.05) is 0 Å². The number of likely N-dealkylation sites (tertiary alicyclic amines) is 1. The van der Waals surface area contributed by atoms with E-state index in [0.29, 0.717) is 0 Å². The van der Waals surface area contributed by atoms with Gasteiger partial charge in [0.1, 0.15) is 0 Å². The second kappa shape index (κ2) is 4.50. The zero-order valence-corrected chi connectivity index (χ0v) is 12.1. The van der Waals surface area contributed by atoms with Crippen molar-refractivity contribution in [2.45, 2.75) is 27.7 Å². The molecule has 2 amide bonds. The molecule has 0 radical (unpaired) electrons. The number of carbonyl (C=O) groups excluding carboxylic acids is 3. The fourth-order valence-corrected chi connectivity index (χ4v) is 3.44. The molecule has 0 aromatic rings. The molecule has 1 heterocycles. The van der Waals surface area contributed by atoms with E-state index in [9.17, 15) is 14.4 Å². The molecule has 1 aliphatic rings. The Morgan fingerprint density at radius 1 is 1.27 bits per heavy atom. The molecule has 6 heteroatoms. The van der Waals surface area contributed by atoms with E-state index in [4.69, 9.17) is 3.07 Å². The van der Waals surface area contributed by atoms with Gasteiger partial charge < -0.3 is 0 Å². The third kappa shape index (κ3) is 3.81. The zero-order valence-electron chi connectivity index (χ0n) is 9.20. The molecule has 15 heavy (non-hydrogen) atoms. The van der Waals surface area contributed by atoms with Gasteiger partial charge in [-0.15, -0.1) is 0 Å². The molecule has 1 saturated heterocycles. The molecule has 1 fully saturated rings. The maximum atomic E-state index is 11.4. The Labute approximate surface area is 93.2 Å². The van der Waals surface area contributed by atoms with Crippen LogP contribution in [-0.2, 0) is 17.5 Å². The molecule has 84 valence electrons. The third-order valence-electron chi connectivity index (χ3n) is 1.86. The molecule has 0 aromatic carbocycles. The van der Waals surface area contributed by atoms with Crippen LogP contribution in [0.5, 0.6) is 0 Å². The van der Waals surface area contributed by atoms with Crippen LogP contribution in [0.15, 0.2) is 0 Å². The normalized spacial score (nSPS) is 17.1. The van der Waals surface area contributed by atoms with E-state index in [0.717, 1.165) is 4.90 Å². The molecule has 0 aromatic heterocycles. The van der Waals surface area contributed by atoms with Crippen molar-refractivity contribution in [1.29, 1.82) is 0 Å². The van der Waals surface area contributed by atoms with Crippen LogP contribution in [0.4, 0.5) is 0 Å². The Hall–Kier alpha value is -0.591. The van der Waals surface area contributed by atoms with Gasteiger partial charge in [0.05, 0.1) is 0 Å². The van der Waals surface area contributed by atoms with Crippen LogP contribution in [0.1, 0.15) is 12.8 Å². The number of nitrogens with zero attached hydrogens (tertiary/aromatic N) is 1. The first-order chi connectivity index (χ1) is 6.79. The quantitative estimate of drug-likeness (QED) is 0.562. The molecule has 0 N–H and O–H groups in total. The van der Waals surface area contributed by atoms with E-state index >= 15 is 0 Å². The first kappa shape index (κ1) is 12.5. The molecule has 0 unspecified atom stereocenters. The van der Waals surface area contributed by atoms with Crippen LogP contribution >= 0.6 is 0 Å². The Morgan fingerprint density at radius 2 is 1.73 bits per heavy atom. The number of hydrogen-bond acceptors (Lipinski definition) is 4. The number of amides is 2. The second-order valence-electron chi connectivity index (χ2n) is 4.46. The summed E-state index contributed by atoms with van der Waals surface area (Å²) in [7, 11) is 0. The van der Waals surface area contributed by atoms with Gasteiger partial charge in [-0.3, -0.25) is 0 Å². The van der Waals surface area contributed by atoms with Gasteiger partial charge >= 0.3 is 93.1 Å². The molecule has 1 rings (SSSR count). The molecular weight excluding hydrogens is 305 g/mol. The van der Waals surface area contributed by atoms with Gasteiger partial charge in [0.2, 0.25) is 0 Å². The molecule has 5 nitrogen and oxygen atoms in total. The van der Waals surface area contributed by atoms with E-state index in [1.54, 1.807) is 0 Å². The Balaban J connectivity index is 2.51. The zero-order chi connectivity index (χ0) is 11.6. The predicted octanol–water partition coefficient (Wildman–Crippen LogP) is 0.513. The third-order valence-corrected chi connectivity index (χ3v) is 4.26. The Morgan fingerprint density at radius 3 is 2.13 bits per heavy atom. The molecule has 1 aliphatic heterocycles. The van der Waals surface area contributed by atoms with Crippen LogP contribution in [0.2, 0.25) is 14.8 Å². The van der Waals surface area contributed by atoms with Crippen molar-refractivity contribution in [1.82, 2.24) is 4.90 Å². The first-order valence-corrected chi connectivity index (χ1v) is 14.6. The van der Waals surface area contributed by atoms with Crippen LogP contribution < -0.4 is 0 Å². The van der Waals surface area contributed by atoms with Crippen LogP contribution in [-0.4, -0.2) is 48.0 Å². The second-order valence-corrected chi connectivity index (χ2v) is 17.1. The van der Waals surface area contributed by atoms with Gasteiger partial charge in [0.25, 0.3) is 0 Å². The Bertz CT molecular complexity index is 292. The monoisotopic (exact) mass is 321 g/mol. The summed E-state index contributed by atoms with van der Waals surface area (Å²) < 4.78 is 5.22. The van der Waals surface area contributed by atoms with Crippen molar-refractivity contribution in [3.8, 4) is 0 Å². The van der Waals surface area contributed by atoms with Gasteiger partial charge in [0.15, 0.2) is 0 Å². The minimum absolute atomic E-state index is 0.213. The standard InChI is InChI=1S/C6H7NO4.3CH3.Sn/c8-4-1-2-5(9)7(4)3-6(10)11;;;;/h1-3H2,(H,10,11);3*1H3;/q;;;;+1/p-1. The average molecular weight is 320 g/mol. The first-order valence-electron chi connectivity index (χ1n) is 4.84. The van der Waals surface area contributed by atoms with Crippen molar-refractivity contribution in [3.05, 3.63) is 0 Å². The van der Waals surface area contributed by atoms with E-state index in [2.05, 4.69) is 0 Å². The van der Waals surface area contributed by atoms with Gasteiger partial charge in [-0.1, -0.05) is 0 Å². The van der Waals surface area contributed by atoms with Crippen molar-refractivity contribution < 1.29 is 17.5 Å². The van der Waals surface area contributed by atoms with Crippen molar-refractivity contribution in [2.24, 2.45) is 0 Å². The summed E-state index contributed by atoms with van der Waals surface area (Å²) in [5.74, 6) is -1.01. The van der Waals surface area contributed by atoms with Crippen LogP contribution in [0.3, 0.4) is 0 Å². The molecule has 0 aliphatic carbocycles. The molecule has 0 spiro atoms. The van der Waals surface area contributed by atoms with Crippen LogP contribution in [0, 0.1) is 0 Å². The van der Waals surface area contributed by atoms with E-state index in [1.165, 1.54) is 0 Å². The predicted molar refractivity (Wildman–Crippen MR) is 55.4 cm³/mol. The summed E-state index contributed by atoms with van der Waals surface area (Å²) in [6, 6.07) is 0. The topological polar surface area (TPSA) is 63.7 Å². The van der Waals surface area contributed by atoms with Gasteiger partial charge in [-0.2, -0.15) is 0 Å². The molecule has 0 saturated carbocycles. The van der Waals surface area contributed by atoms with Crippen LogP contribution in [0.25, 0.3) is 0 Å². The Kier molecular flexibility index (Phi) is 3.75. The summed E-state index contributed by atoms with van der Waals surface area (Å²) in [6.45, 7) is -0.216.